The van der Waals surface area contributed by atoms with Gasteiger partial charge < -0.3 is 9.47 Å². The number of aryl methyl sites for hydroxylation is 1. The van der Waals surface area contributed by atoms with E-state index in [0.717, 1.165) is 42.7 Å². The summed E-state index contributed by atoms with van der Waals surface area (Å²) in [5.74, 6) is 0.256. The Morgan fingerprint density at radius 3 is 2.86 bits per heavy atom. The monoisotopic (exact) mass is 378 g/mol. The van der Waals surface area contributed by atoms with Crippen molar-refractivity contribution in [2.45, 2.75) is 38.6 Å². The summed E-state index contributed by atoms with van der Waals surface area (Å²) < 4.78 is 15.6. The molecule has 1 aliphatic carbocycles. The zero-order chi connectivity index (χ0) is 19.3. The molecule has 0 radical (unpaired) electrons. The molecule has 3 aromatic rings. The Labute approximate surface area is 163 Å². The van der Waals surface area contributed by atoms with Gasteiger partial charge in [-0.25, -0.2) is 14.4 Å². The molecule has 1 aromatic carbocycles. The number of nitrogens with zero attached hydrogens (tertiary/aromatic N) is 4. The molecule has 2 fully saturated rings. The number of fused-ring (bicyclic) bond motifs is 1. The van der Waals surface area contributed by atoms with Crippen LogP contribution in [-0.4, -0.2) is 38.4 Å². The highest BCUT2D eigenvalue weighted by atomic mass is 19.1. The van der Waals surface area contributed by atoms with Gasteiger partial charge in [0.2, 0.25) is 0 Å². The Kier molecular flexibility index (Phi) is 4.14. The third kappa shape index (κ3) is 3.17. The number of rotatable bonds is 4. The van der Waals surface area contributed by atoms with E-state index in [4.69, 9.17) is 0 Å². The van der Waals surface area contributed by atoms with Gasteiger partial charge in [-0.1, -0.05) is 12.1 Å². The van der Waals surface area contributed by atoms with Crippen molar-refractivity contribution in [3.8, 4) is 0 Å². The fourth-order valence-electron chi connectivity index (χ4n) is 4.19. The van der Waals surface area contributed by atoms with E-state index in [1.54, 1.807) is 13.1 Å². The number of halogens is 1. The van der Waals surface area contributed by atoms with Crippen molar-refractivity contribution in [3.05, 3.63) is 59.3 Å². The molecule has 1 atom stereocenters. The van der Waals surface area contributed by atoms with Gasteiger partial charge in [0, 0.05) is 25.3 Å². The molecule has 144 valence electrons. The van der Waals surface area contributed by atoms with Gasteiger partial charge in [-0.05, 0) is 61.8 Å². The van der Waals surface area contributed by atoms with Crippen molar-refractivity contribution in [2.75, 3.05) is 13.1 Å². The summed E-state index contributed by atoms with van der Waals surface area (Å²) in [4.78, 5) is 23.8. The van der Waals surface area contributed by atoms with Gasteiger partial charge in [-0.15, -0.1) is 0 Å². The highest BCUT2D eigenvalue weighted by Gasteiger charge is 2.29. The van der Waals surface area contributed by atoms with Crippen LogP contribution in [0.5, 0.6) is 0 Å². The predicted molar refractivity (Wildman–Crippen MR) is 105 cm³/mol. The second-order valence-electron chi connectivity index (χ2n) is 8.14. The SMILES string of the molecule is Cc1cc(CC2CCN(C(=O)c3cnc4c(c3)ncn4C3CC3)C2)ccc1F. The van der Waals surface area contributed by atoms with Gasteiger partial charge in [0.15, 0.2) is 5.65 Å². The van der Waals surface area contributed by atoms with Crippen LogP contribution in [0, 0.1) is 18.7 Å². The van der Waals surface area contributed by atoms with E-state index >= 15 is 0 Å². The highest BCUT2D eigenvalue weighted by molar-refractivity contribution is 5.96. The second-order valence-corrected chi connectivity index (χ2v) is 8.14. The van der Waals surface area contributed by atoms with E-state index in [1.807, 2.05) is 29.4 Å². The summed E-state index contributed by atoms with van der Waals surface area (Å²) in [6.07, 6.45) is 7.71. The largest absolute Gasteiger partial charge is 0.338 e. The van der Waals surface area contributed by atoms with E-state index < -0.39 is 0 Å². The molecule has 2 aromatic heterocycles. The molecule has 3 heterocycles. The van der Waals surface area contributed by atoms with Gasteiger partial charge in [0.05, 0.1) is 11.9 Å². The molecular formula is C22H23FN4O. The number of carbonyl (C=O) groups is 1. The number of benzene rings is 1. The quantitative estimate of drug-likeness (QED) is 0.691. The van der Waals surface area contributed by atoms with Crippen molar-refractivity contribution >= 4 is 17.1 Å². The number of carbonyl (C=O) groups excluding carboxylic acids is 1. The van der Waals surface area contributed by atoms with E-state index in [9.17, 15) is 9.18 Å². The van der Waals surface area contributed by atoms with E-state index in [1.165, 1.54) is 18.9 Å². The highest BCUT2D eigenvalue weighted by Crippen LogP contribution is 2.36. The van der Waals surface area contributed by atoms with Crippen LogP contribution in [0.2, 0.25) is 0 Å². The molecule has 5 rings (SSSR count). The number of hydrogen-bond acceptors (Lipinski definition) is 3. The third-order valence-electron chi connectivity index (χ3n) is 5.92. The minimum atomic E-state index is -0.168. The zero-order valence-corrected chi connectivity index (χ0v) is 15.9. The molecule has 28 heavy (non-hydrogen) atoms. The smallest absolute Gasteiger partial charge is 0.255 e. The summed E-state index contributed by atoms with van der Waals surface area (Å²) in [7, 11) is 0. The van der Waals surface area contributed by atoms with Crippen LogP contribution in [0.15, 0.2) is 36.8 Å². The topological polar surface area (TPSA) is 51.0 Å². The lowest BCUT2D eigenvalue weighted by Crippen LogP contribution is -2.29. The summed E-state index contributed by atoms with van der Waals surface area (Å²) in [6.45, 7) is 3.26. The minimum Gasteiger partial charge on any atom is -0.338 e. The molecule has 1 aliphatic heterocycles. The lowest BCUT2D eigenvalue weighted by atomic mass is 9.97. The van der Waals surface area contributed by atoms with Crippen molar-refractivity contribution in [2.24, 2.45) is 5.92 Å². The average Bonchev–Trinajstić information content (AvgIpc) is 3.28. The molecule has 1 saturated heterocycles. The average molecular weight is 378 g/mol. The zero-order valence-electron chi connectivity index (χ0n) is 15.9. The first-order valence-corrected chi connectivity index (χ1v) is 9.95. The van der Waals surface area contributed by atoms with Gasteiger partial charge in [-0.2, -0.15) is 0 Å². The molecule has 1 unspecified atom stereocenters. The number of hydrogen-bond donors (Lipinski definition) is 0. The fraction of sp³-hybridized carbons (Fsp3) is 0.409. The van der Waals surface area contributed by atoms with Crippen LogP contribution in [0.25, 0.3) is 11.2 Å². The first kappa shape index (κ1) is 17.3. The van der Waals surface area contributed by atoms with Gasteiger partial charge in [0.25, 0.3) is 5.91 Å². The van der Waals surface area contributed by atoms with E-state index in [0.29, 0.717) is 23.1 Å². The molecule has 0 N–H and O–H groups in total. The van der Waals surface area contributed by atoms with Gasteiger partial charge >= 0.3 is 0 Å². The maximum absolute atomic E-state index is 13.5. The Morgan fingerprint density at radius 2 is 2.07 bits per heavy atom. The molecule has 0 spiro atoms. The van der Waals surface area contributed by atoms with E-state index in [-0.39, 0.29) is 11.7 Å². The van der Waals surface area contributed by atoms with Crippen LogP contribution in [-0.2, 0) is 6.42 Å². The van der Waals surface area contributed by atoms with Crippen molar-refractivity contribution in [1.29, 1.82) is 0 Å². The van der Waals surface area contributed by atoms with E-state index in [2.05, 4.69) is 14.5 Å². The molecule has 0 bridgehead atoms. The Morgan fingerprint density at radius 1 is 1.21 bits per heavy atom. The molecule has 1 saturated carbocycles. The Hall–Kier alpha value is -2.76. The molecule has 6 heteroatoms. The first-order valence-electron chi connectivity index (χ1n) is 9.95. The first-order chi connectivity index (χ1) is 13.6. The molecule has 1 amide bonds. The van der Waals surface area contributed by atoms with Crippen LogP contribution in [0.4, 0.5) is 4.39 Å². The summed E-state index contributed by atoms with van der Waals surface area (Å²) in [5, 5.41) is 0. The van der Waals surface area contributed by atoms with Gasteiger partial charge in [-0.3, -0.25) is 4.79 Å². The molecule has 5 nitrogen and oxygen atoms in total. The van der Waals surface area contributed by atoms with Crippen molar-refractivity contribution < 1.29 is 9.18 Å². The number of imidazole rings is 1. The number of amides is 1. The minimum absolute atomic E-state index is 0.0214. The summed E-state index contributed by atoms with van der Waals surface area (Å²) in [5.41, 5.74) is 4.06. The Balaban J connectivity index is 1.28. The Bertz CT molecular complexity index is 1060. The van der Waals surface area contributed by atoms with Crippen LogP contribution < -0.4 is 0 Å². The number of pyridine rings is 1. The third-order valence-corrected chi connectivity index (χ3v) is 5.92. The lowest BCUT2D eigenvalue weighted by Gasteiger charge is -2.17. The van der Waals surface area contributed by atoms with Crippen molar-refractivity contribution in [3.63, 3.8) is 0 Å². The standard InChI is InChI=1S/C22H23FN4O/c1-14-8-15(2-5-19(14)23)9-16-6-7-26(12-16)22(28)17-10-20-21(24-11-17)27(13-25-20)18-3-4-18/h2,5,8,10-11,13,16,18H,3-4,6-7,9,12H2,1H3. The number of aromatic nitrogens is 3. The van der Waals surface area contributed by atoms with Gasteiger partial charge in [0.1, 0.15) is 11.3 Å². The van der Waals surface area contributed by atoms with Crippen LogP contribution in [0.3, 0.4) is 0 Å². The van der Waals surface area contributed by atoms with Crippen LogP contribution in [0.1, 0.15) is 46.8 Å². The maximum Gasteiger partial charge on any atom is 0.255 e. The summed E-state index contributed by atoms with van der Waals surface area (Å²) in [6, 6.07) is 7.67. The number of likely N-dealkylation sites (tertiary alicyclic amines) is 1. The van der Waals surface area contributed by atoms with Crippen LogP contribution >= 0.6 is 0 Å². The molecule has 2 aliphatic rings. The van der Waals surface area contributed by atoms with Crippen molar-refractivity contribution in [1.82, 2.24) is 19.4 Å². The predicted octanol–water partition coefficient (Wildman–Crippen LogP) is 3.92. The lowest BCUT2D eigenvalue weighted by molar-refractivity contribution is 0.0787. The summed E-state index contributed by atoms with van der Waals surface area (Å²) >= 11 is 0. The molecular weight excluding hydrogens is 355 g/mol. The normalized spacial score (nSPS) is 19.5. The second kappa shape index (κ2) is 6.69. The fourth-order valence-corrected chi connectivity index (χ4v) is 4.19. The maximum atomic E-state index is 13.5.